The van der Waals surface area contributed by atoms with Gasteiger partial charge >= 0.3 is 0 Å². The molecular weight excluding hydrogens is 238 g/mol. The van der Waals surface area contributed by atoms with E-state index in [0.29, 0.717) is 5.92 Å². The number of hydrogen-bond donors (Lipinski definition) is 1. The molecule has 5 nitrogen and oxygen atoms in total. The van der Waals surface area contributed by atoms with E-state index in [4.69, 9.17) is 0 Å². The van der Waals surface area contributed by atoms with Gasteiger partial charge in [-0.2, -0.15) is 0 Å². The Morgan fingerprint density at radius 3 is 3.11 bits per heavy atom. The van der Waals surface area contributed by atoms with Gasteiger partial charge in [0.1, 0.15) is 11.6 Å². The lowest BCUT2D eigenvalue weighted by molar-refractivity contribution is 0.540. The van der Waals surface area contributed by atoms with Crippen LogP contribution in [-0.2, 0) is 13.0 Å². The maximum Gasteiger partial charge on any atom is 0.133 e. The lowest BCUT2D eigenvalue weighted by Gasteiger charge is -2.11. The van der Waals surface area contributed by atoms with Gasteiger partial charge in [0.05, 0.1) is 6.54 Å². The molecule has 5 heteroatoms. The second-order valence-corrected chi connectivity index (χ2v) is 5.17. The smallest absolute Gasteiger partial charge is 0.133 e. The third kappa shape index (κ3) is 2.81. The van der Waals surface area contributed by atoms with Crippen LogP contribution in [0.25, 0.3) is 0 Å². The van der Waals surface area contributed by atoms with Crippen molar-refractivity contribution in [3.05, 3.63) is 41.7 Å². The van der Waals surface area contributed by atoms with Crippen molar-refractivity contribution in [2.24, 2.45) is 5.92 Å². The van der Waals surface area contributed by atoms with Crippen molar-refractivity contribution < 1.29 is 0 Å². The van der Waals surface area contributed by atoms with Crippen molar-refractivity contribution >= 4 is 0 Å². The molecule has 1 atom stereocenters. The summed E-state index contributed by atoms with van der Waals surface area (Å²) < 4.78 is 2.20. The molecule has 0 spiro atoms. The number of nitrogens with zero attached hydrogens (tertiary/aromatic N) is 4. The highest BCUT2D eigenvalue weighted by Crippen LogP contribution is 2.15. The van der Waals surface area contributed by atoms with Crippen molar-refractivity contribution in [1.82, 2.24) is 25.1 Å². The van der Waals surface area contributed by atoms with Crippen molar-refractivity contribution in [2.45, 2.75) is 26.3 Å². The van der Waals surface area contributed by atoms with E-state index in [9.17, 15) is 0 Å². The number of rotatable bonds is 4. The molecule has 1 saturated heterocycles. The second kappa shape index (κ2) is 5.48. The molecule has 0 radical (unpaired) electrons. The van der Waals surface area contributed by atoms with Crippen LogP contribution < -0.4 is 5.32 Å². The van der Waals surface area contributed by atoms with Gasteiger partial charge in [0.2, 0.25) is 0 Å². The lowest BCUT2D eigenvalue weighted by Crippen LogP contribution is -2.15. The summed E-state index contributed by atoms with van der Waals surface area (Å²) in [5.74, 6) is 2.76. The van der Waals surface area contributed by atoms with Crippen LogP contribution in [0.4, 0.5) is 0 Å². The number of nitrogens with one attached hydrogen (secondary N) is 1. The molecule has 3 rings (SSSR count). The van der Waals surface area contributed by atoms with Gasteiger partial charge < -0.3 is 9.88 Å². The summed E-state index contributed by atoms with van der Waals surface area (Å²) in [6, 6.07) is 4.06. The molecule has 0 saturated carbocycles. The molecule has 0 aromatic carbocycles. The SMILES string of the molecule is Cc1nnc(CC2CCNC2)n1Cc1cccnc1. The van der Waals surface area contributed by atoms with Gasteiger partial charge in [-0.05, 0) is 44.0 Å². The zero-order valence-electron chi connectivity index (χ0n) is 11.2. The Balaban J connectivity index is 1.78. The minimum absolute atomic E-state index is 0.691. The van der Waals surface area contributed by atoms with Crippen LogP contribution in [0.1, 0.15) is 23.6 Å². The van der Waals surface area contributed by atoms with E-state index in [1.165, 1.54) is 12.0 Å². The van der Waals surface area contributed by atoms with Gasteiger partial charge in [0.15, 0.2) is 0 Å². The van der Waals surface area contributed by atoms with Gasteiger partial charge in [-0.25, -0.2) is 0 Å². The molecule has 1 fully saturated rings. The Labute approximate surface area is 113 Å². The number of aromatic nitrogens is 4. The maximum atomic E-state index is 4.34. The molecular formula is C14H19N5. The van der Waals surface area contributed by atoms with E-state index < -0.39 is 0 Å². The minimum atomic E-state index is 0.691. The average molecular weight is 257 g/mol. The first-order chi connectivity index (χ1) is 9.33. The Morgan fingerprint density at radius 2 is 2.37 bits per heavy atom. The van der Waals surface area contributed by atoms with E-state index in [-0.39, 0.29) is 0 Å². The van der Waals surface area contributed by atoms with Gasteiger partial charge in [-0.1, -0.05) is 6.07 Å². The molecule has 19 heavy (non-hydrogen) atoms. The zero-order chi connectivity index (χ0) is 13.1. The van der Waals surface area contributed by atoms with Crippen LogP contribution in [0.5, 0.6) is 0 Å². The van der Waals surface area contributed by atoms with Crippen LogP contribution in [0.3, 0.4) is 0 Å². The third-order valence-electron chi connectivity index (χ3n) is 3.71. The molecule has 1 unspecified atom stereocenters. The molecule has 2 aromatic rings. The monoisotopic (exact) mass is 257 g/mol. The summed E-state index contributed by atoms with van der Waals surface area (Å²) in [7, 11) is 0. The predicted octanol–water partition coefficient (Wildman–Crippen LogP) is 1.18. The fourth-order valence-electron chi connectivity index (χ4n) is 2.60. The summed E-state index contributed by atoms with van der Waals surface area (Å²) in [4.78, 5) is 4.16. The molecule has 2 aromatic heterocycles. The predicted molar refractivity (Wildman–Crippen MR) is 72.8 cm³/mol. The van der Waals surface area contributed by atoms with E-state index >= 15 is 0 Å². The Kier molecular flexibility index (Phi) is 3.55. The molecule has 0 amide bonds. The summed E-state index contributed by atoms with van der Waals surface area (Å²) in [6.07, 6.45) is 5.95. The molecule has 1 aliphatic heterocycles. The highest BCUT2D eigenvalue weighted by atomic mass is 15.3. The fraction of sp³-hybridized carbons (Fsp3) is 0.500. The Hall–Kier alpha value is -1.75. The summed E-state index contributed by atoms with van der Waals surface area (Å²) in [5, 5.41) is 12.0. The molecule has 3 heterocycles. The van der Waals surface area contributed by atoms with Crippen molar-refractivity contribution in [2.75, 3.05) is 13.1 Å². The van der Waals surface area contributed by atoms with Gasteiger partial charge in [-0.3, -0.25) is 4.98 Å². The van der Waals surface area contributed by atoms with Crippen LogP contribution in [0.15, 0.2) is 24.5 Å². The minimum Gasteiger partial charge on any atom is -0.316 e. The van der Waals surface area contributed by atoms with Gasteiger partial charge in [-0.15, -0.1) is 10.2 Å². The Bertz CT molecular complexity index is 528. The average Bonchev–Trinajstić information content (AvgIpc) is 3.05. The molecule has 0 aliphatic carbocycles. The van der Waals surface area contributed by atoms with Crippen LogP contribution in [-0.4, -0.2) is 32.8 Å². The van der Waals surface area contributed by atoms with Gasteiger partial charge in [0.25, 0.3) is 0 Å². The van der Waals surface area contributed by atoms with E-state index in [0.717, 1.165) is 37.7 Å². The maximum absolute atomic E-state index is 4.34. The summed E-state index contributed by atoms with van der Waals surface area (Å²) in [5.41, 5.74) is 1.19. The molecule has 0 bridgehead atoms. The highest BCUT2D eigenvalue weighted by molar-refractivity contribution is 5.11. The van der Waals surface area contributed by atoms with E-state index in [1.54, 1.807) is 6.20 Å². The van der Waals surface area contributed by atoms with Crippen LogP contribution in [0.2, 0.25) is 0 Å². The van der Waals surface area contributed by atoms with Gasteiger partial charge in [0, 0.05) is 18.8 Å². The second-order valence-electron chi connectivity index (χ2n) is 5.17. The third-order valence-corrected chi connectivity index (χ3v) is 3.71. The first kappa shape index (κ1) is 12.3. The van der Waals surface area contributed by atoms with E-state index in [1.807, 2.05) is 19.2 Å². The zero-order valence-corrected chi connectivity index (χ0v) is 11.2. The molecule has 1 aliphatic rings. The van der Waals surface area contributed by atoms with Crippen molar-refractivity contribution in [3.8, 4) is 0 Å². The first-order valence-electron chi connectivity index (χ1n) is 6.81. The largest absolute Gasteiger partial charge is 0.316 e. The quantitative estimate of drug-likeness (QED) is 0.893. The number of pyridine rings is 1. The van der Waals surface area contributed by atoms with Crippen LogP contribution in [0, 0.1) is 12.8 Å². The lowest BCUT2D eigenvalue weighted by atomic mass is 10.0. The highest BCUT2D eigenvalue weighted by Gasteiger charge is 2.19. The first-order valence-corrected chi connectivity index (χ1v) is 6.81. The van der Waals surface area contributed by atoms with Crippen LogP contribution >= 0.6 is 0 Å². The summed E-state index contributed by atoms with van der Waals surface area (Å²) in [6.45, 7) is 5.04. The van der Waals surface area contributed by atoms with Crippen molar-refractivity contribution in [3.63, 3.8) is 0 Å². The van der Waals surface area contributed by atoms with Crippen molar-refractivity contribution in [1.29, 1.82) is 0 Å². The number of aryl methyl sites for hydroxylation is 1. The normalized spacial score (nSPS) is 18.9. The topological polar surface area (TPSA) is 55.6 Å². The number of hydrogen-bond acceptors (Lipinski definition) is 4. The molecule has 1 N–H and O–H groups in total. The Morgan fingerprint density at radius 1 is 1.42 bits per heavy atom. The standard InChI is InChI=1S/C14H19N5/c1-11-17-18-14(7-12-4-6-16-8-12)19(11)10-13-3-2-5-15-9-13/h2-3,5,9,12,16H,4,6-8,10H2,1H3. The van der Waals surface area contributed by atoms with E-state index in [2.05, 4.69) is 31.1 Å². The molecule has 100 valence electrons. The summed E-state index contributed by atoms with van der Waals surface area (Å²) >= 11 is 0. The fourth-order valence-corrected chi connectivity index (χ4v) is 2.60.